The molecule has 8 heteroatoms. The van der Waals surface area contributed by atoms with Gasteiger partial charge >= 0.3 is 0 Å². The van der Waals surface area contributed by atoms with Crippen LogP contribution < -0.4 is 10.9 Å². The second-order valence-corrected chi connectivity index (χ2v) is 9.25. The monoisotopic (exact) mass is 441 g/mol. The van der Waals surface area contributed by atoms with Gasteiger partial charge in [0, 0.05) is 25.4 Å². The second-order valence-electron chi connectivity index (χ2n) is 7.32. The lowest BCUT2D eigenvalue weighted by Gasteiger charge is -2.19. The maximum atomic E-state index is 12.7. The fourth-order valence-electron chi connectivity index (χ4n) is 3.50. The van der Waals surface area contributed by atoms with Gasteiger partial charge in [-0.3, -0.25) is 9.59 Å². The Morgan fingerprint density at radius 1 is 1.03 bits per heavy atom. The highest BCUT2D eigenvalue weighted by molar-refractivity contribution is 7.89. The molecule has 3 rings (SSSR count). The van der Waals surface area contributed by atoms with E-state index in [0.717, 1.165) is 20.9 Å². The third-order valence-electron chi connectivity index (χ3n) is 5.26. The van der Waals surface area contributed by atoms with Crippen LogP contribution in [0.1, 0.15) is 32.4 Å². The maximum Gasteiger partial charge on any atom is 0.251 e. The van der Waals surface area contributed by atoms with Crippen molar-refractivity contribution in [3.05, 3.63) is 76.7 Å². The quantitative estimate of drug-likeness (QED) is 0.582. The summed E-state index contributed by atoms with van der Waals surface area (Å²) >= 11 is 0. The number of hydrogen-bond acceptors (Lipinski definition) is 4. The summed E-state index contributed by atoms with van der Waals surface area (Å²) in [5.74, 6) is -0.375. The number of amides is 1. The molecule has 2 aromatic carbocycles. The van der Waals surface area contributed by atoms with Crippen molar-refractivity contribution in [2.45, 2.75) is 38.3 Å². The summed E-state index contributed by atoms with van der Waals surface area (Å²) in [4.78, 5) is 24.8. The number of pyridine rings is 1. The van der Waals surface area contributed by atoms with Gasteiger partial charge in [0.15, 0.2) is 0 Å². The summed E-state index contributed by atoms with van der Waals surface area (Å²) in [6.07, 6.45) is 1.23. The molecule has 1 aromatic heterocycles. The molecular weight excluding hydrogens is 414 g/mol. The van der Waals surface area contributed by atoms with Crippen molar-refractivity contribution in [1.82, 2.24) is 14.2 Å². The molecule has 0 radical (unpaired) electrons. The number of carbonyl (C=O) groups excluding carboxylic acids is 1. The van der Waals surface area contributed by atoms with Gasteiger partial charge in [0.1, 0.15) is 6.54 Å². The molecule has 3 aromatic rings. The van der Waals surface area contributed by atoms with Crippen molar-refractivity contribution < 1.29 is 13.2 Å². The van der Waals surface area contributed by atoms with Gasteiger partial charge < -0.3 is 9.88 Å². The first kappa shape index (κ1) is 22.7. The minimum Gasteiger partial charge on any atom is -0.348 e. The molecule has 0 aliphatic carbocycles. The van der Waals surface area contributed by atoms with Crippen LogP contribution in [0.5, 0.6) is 0 Å². The lowest BCUT2D eigenvalue weighted by atomic mass is 10.0. The van der Waals surface area contributed by atoms with Gasteiger partial charge in [0.05, 0.1) is 10.9 Å². The summed E-state index contributed by atoms with van der Waals surface area (Å²) < 4.78 is 27.9. The molecule has 0 spiro atoms. The number of fused-ring (bicyclic) bond motifs is 1. The molecule has 1 N–H and O–H groups in total. The summed E-state index contributed by atoms with van der Waals surface area (Å²) in [5.41, 5.74) is 0.504. The van der Waals surface area contributed by atoms with Crippen molar-refractivity contribution in [3.8, 4) is 0 Å². The normalized spacial score (nSPS) is 12.8. The predicted octanol–water partition coefficient (Wildman–Crippen LogP) is 2.91. The van der Waals surface area contributed by atoms with Crippen LogP contribution >= 0.6 is 0 Å². The van der Waals surface area contributed by atoms with Crippen molar-refractivity contribution in [2.75, 3.05) is 13.1 Å². The zero-order chi connectivity index (χ0) is 22.6. The van der Waals surface area contributed by atoms with E-state index < -0.39 is 15.6 Å². The average molecular weight is 442 g/mol. The summed E-state index contributed by atoms with van der Waals surface area (Å²) in [5, 5.41) is 5.07. The number of hydrogen-bond donors (Lipinski definition) is 1. The van der Waals surface area contributed by atoms with Crippen LogP contribution in [0.25, 0.3) is 10.8 Å². The maximum absolute atomic E-state index is 12.7. The van der Waals surface area contributed by atoms with Crippen LogP contribution in [-0.4, -0.2) is 36.3 Å². The van der Waals surface area contributed by atoms with Crippen LogP contribution in [0.4, 0.5) is 0 Å². The van der Waals surface area contributed by atoms with Crippen LogP contribution in [-0.2, 0) is 21.4 Å². The topological polar surface area (TPSA) is 88.5 Å². The van der Waals surface area contributed by atoms with Crippen molar-refractivity contribution in [3.63, 3.8) is 0 Å². The molecule has 1 unspecified atom stereocenters. The van der Waals surface area contributed by atoms with Gasteiger partial charge in [0.2, 0.25) is 15.9 Å². The van der Waals surface area contributed by atoms with Crippen molar-refractivity contribution in [2.24, 2.45) is 0 Å². The van der Waals surface area contributed by atoms with Gasteiger partial charge in [-0.1, -0.05) is 50.2 Å². The first-order valence-electron chi connectivity index (χ1n) is 10.2. The molecule has 164 valence electrons. The van der Waals surface area contributed by atoms with Crippen LogP contribution in [0.15, 0.2) is 70.5 Å². The molecule has 7 nitrogen and oxygen atoms in total. The van der Waals surface area contributed by atoms with Crippen molar-refractivity contribution in [1.29, 1.82) is 0 Å². The van der Waals surface area contributed by atoms with Gasteiger partial charge in [-0.25, -0.2) is 8.42 Å². The Bertz CT molecular complexity index is 1250. The molecule has 0 saturated heterocycles. The third kappa shape index (κ3) is 5.03. The van der Waals surface area contributed by atoms with E-state index in [1.165, 1.54) is 22.6 Å². The molecule has 0 fully saturated rings. The molecule has 0 aliphatic heterocycles. The Kier molecular flexibility index (Phi) is 6.92. The molecule has 0 aliphatic rings. The second kappa shape index (κ2) is 9.45. The van der Waals surface area contributed by atoms with E-state index in [2.05, 4.69) is 5.32 Å². The van der Waals surface area contributed by atoms with E-state index >= 15 is 0 Å². The van der Waals surface area contributed by atoms with E-state index in [4.69, 9.17) is 0 Å². The highest BCUT2D eigenvalue weighted by atomic mass is 32.2. The highest BCUT2D eigenvalue weighted by Gasteiger charge is 2.22. The number of sulfonamides is 1. The fourth-order valence-corrected chi connectivity index (χ4v) is 4.98. The SMILES string of the molecule is CCN(CC)S(=O)(=O)c1ccc(=O)n(CC(=O)NC(C)c2ccc3ccccc3c2)c1. The lowest BCUT2D eigenvalue weighted by molar-refractivity contribution is -0.122. The number of carbonyl (C=O) groups is 1. The summed E-state index contributed by atoms with van der Waals surface area (Å²) in [6, 6.07) is 16.1. The minimum absolute atomic E-state index is 0.00817. The molecule has 1 amide bonds. The van der Waals surface area contributed by atoms with Gasteiger partial charge in [-0.05, 0) is 35.4 Å². The zero-order valence-electron chi connectivity index (χ0n) is 17.9. The predicted molar refractivity (Wildman–Crippen MR) is 121 cm³/mol. The average Bonchev–Trinajstić information content (AvgIpc) is 2.75. The number of aromatic nitrogens is 1. The van der Waals surface area contributed by atoms with Crippen LogP contribution in [0.3, 0.4) is 0 Å². The summed E-state index contributed by atoms with van der Waals surface area (Å²) in [7, 11) is -3.72. The number of nitrogens with zero attached hydrogens (tertiary/aromatic N) is 2. The largest absolute Gasteiger partial charge is 0.348 e. The van der Waals surface area contributed by atoms with E-state index in [1.54, 1.807) is 13.8 Å². The Balaban J connectivity index is 1.77. The van der Waals surface area contributed by atoms with Gasteiger partial charge in [-0.15, -0.1) is 0 Å². The van der Waals surface area contributed by atoms with Crippen molar-refractivity contribution >= 4 is 26.7 Å². The first-order chi connectivity index (χ1) is 14.8. The van der Waals surface area contributed by atoms with E-state index in [9.17, 15) is 18.0 Å². The Hall–Kier alpha value is -2.97. The van der Waals surface area contributed by atoms with E-state index in [1.807, 2.05) is 49.4 Å². The van der Waals surface area contributed by atoms with Gasteiger partial charge in [-0.2, -0.15) is 4.31 Å². The number of nitrogens with one attached hydrogen (secondary N) is 1. The Labute approximate surface area is 182 Å². The smallest absolute Gasteiger partial charge is 0.251 e. The highest BCUT2D eigenvalue weighted by Crippen LogP contribution is 2.20. The number of benzene rings is 2. The molecule has 1 heterocycles. The summed E-state index contributed by atoms with van der Waals surface area (Å²) in [6.45, 7) is 5.74. The molecule has 1 atom stereocenters. The molecular formula is C23H27N3O4S. The standard InChI is InChI=1S/C23H27N3O4S/c1-4-26(5-2)31(29,30)21-12-13-23(28)25(15-21)16-22(27)24-17(3)19-11-10-18-8-6-7-9-20(18)14-19/h6-15,17H,4-5,16H2,1-3H3,(H,24,27). The van der Waals surface area contributed by atoms with E-state index in [0.29, 0.717) is 13.1 Å². The minimum atomic E-state index is -3.72. The fraction of sp³-hybridized carbons (Fsp3) is 0.304. The molecule has 0 saturated carbocycles. The zero-order valence-corrected chi connectivity index (χ0v) is 18.7. The van der Waals surface area contributed by atoms with E-state index in [-0.39, 0.29) is 23.4 Å². The van der Waals surface area contributed by atoms with Crippen LogP contribution in [0.2, 0.25) is 0 Å². The Morgan fingerprint density at radius 3 is 2.39 bits per heavy atom. The van der Waals surface area contributed by atoms with Gasteiger partial charge in [0.25, 0.3) is 5.56 Å². The third-order valence-corrected chi connectivity index (χ3v) is 7.30. The lowest BCUT2D eigenvalue weighted by Crippen LogP contribution is -2.35. The van der Waals surface area contributed by atoms with Crippen LogP contribution in [0, 0.1) is 0 Å². The molecule has 0 bridgehead atoms. The first-order valence-corrected chi connectivity index (χ1v) is 11.7. The number of rotatable bonds is 8. The molecule has 31 heavy (non-hydrogen) atoms. The Morgan fingerprint density at radius 2 is 1.71 bits per heavy atom.